The summed E-state index contributed by atoms with van der Waals surface area (Å²) in [5.74, 6) is 3.02. The van der Waals surface area contributed by atoms with Crippen LogP contribution in [0.5, 0.6) is 0 Å². The van der Waals surface area contributed by atoms with Gasteiger partial charge in [0.15, 0.2) is 0 Å². The first-order valence-corrected chi connectivity index (χ1v) is 18.2. The van der Waals surface area contributed by atoms with E-state index in [1.807, 2.05) is 0 Å². The number of hydrogen-bond donors (Lipinski definition) is 3. The van der Waals surface area contributed by atoms with Crippen molar-refractivity contribution in [3.05, 3.63) is 159 Å². The van der Waals surface area contributed by atoms with Gasteiger partial charge in [0.2, 0.25) is 5.91 Å². The number of nitrogens with two attached hydrogens (primary N) is 1. The average Bonchev–Trinajstić information content (AvgIpc) is 3.66. The Bertz CT molecular complexity index is 2930. The smallest absolute Gasteiger partial charge is 0.382 e. The highest BCUT2D eigenvalue weighted by molar-refractivity contribution is 5.97. The average molecular weight is 878 g/mol. The van der Waals surface area contributed by atoms with Crippen molar-refractivity contribution in [2.45, 2.75) is 30.7 Å². The number of amides is 1. The van der Waals surface area contributed by atoms with E-state index >= 15 is 0 Å². The highest BCUT2D eigenvalue weighted by Gasteiger charge is 2.40. The quantitative estimate of drug-likeness (QED) is 0.118. The zero-order valence-corrected chi connectivity index (χ0v) is 32.1. The van der Waals surface area contributed by atoms with E-state index < -0.39 is 70.7 Å². The van der Waals surface area contributed by atoms with Gasteiger partial charge >= 0.3 is 12.4 Å². The lowest BCUT2D eigenvalue weighted by Crippen LogP contribution is -2.33. The second-order valence-electron chi connectivity index (χ2n) is 13.7. The van der Waals surface area contributed by atoms with Crippen molar-refractivity contribution in [1.82, 2.24) is 40.1 Å². The SMILES string of the molecule is Cn1ncnc1[C@H]1c2n[nH]c(=O)c3cc(F)cc(c23)N[C@@H]1c1ccc(F)cc1.Nc1ccc(C#CCN(C(=O)Cc2ncc(C(F)(F)F)cc2C(F)(F)F)c2ccc(F)cc2)nn1. The molecule has 0 aliphatic carbocycles. The Balaban J connectivity index is 0.000000193. The highest BCUT2D eigenvalue weighted by Crippen LogP contribution is 2.46. The Labute approximate surface area is 348 Å². The fraction of sp³-hybridized carbons (Fsp3) is 0.171. The second-order valence-corrected chi connectivity index (χ2v) is 13.7. The lowest BCUT2D eigenvalue weighted by atomic mass is 9.83. The van der Waals surface area contributed by atoms with Gasteiger partial charge in [-0.25, -0.2) is 23.3 Å². The number of alkyl halides is 6. The number of nitrogens with one attached hydrogen (secondary N) is 2. The molecule has 13 nitrogen and oxygen atoms in total. The molecule has 4 N–H and O–H groups in total. The fourth-order valence-corrected chi connectivity index (χ4v) is 6.68. The lowest BCUT2D eigenvalue weighted by molar-refractivity contribution is -0.144. The van der Waals surface area contributed by atoms with E-state index in [9.17, 15) is 49.1 Å². The molecule has 0 saturated heterocycles. The minimum absolute atomic E-state index is 0.0922. The maximum atomic E-state index is 14.1. The maximum absolute atomic E-state index is 14.1. The predicted octanol–water partition coefficient (Wildman–Crippen LogP) is 6.89. The lowest BCUT2D eigenvalue weighted by Gasteiger charge is -2.33. The van der Waals surface area contributed by atoms with E-state index in [-0.39, 0.29) is 47.2 Å². The summed E-state index contributed by atoms with van der Waals surface area (Å²) in [5, 5.41) is 22.2. The van der Waals surface area contributed by atoms with Crippen molar-refractivity contribution < 1.29 is 44.3 Å². The zero-order chi connectivity index (χ0) is 45.2. The third-order valence-electron chi connectivity index (χ3n) is 9.57. The fourth-order valence-electron chi connectivity index (χ4n) is 6.68. The number of aryl methyl sites for hydroxylation is 1. The Hall–Kier alpha value is -7.83. The number of benzene rings is 3. The van der Waals surface area contributed by atoms with E-state index in [2.05, 4.69) is 52.6 Å². The van der Waals surface area contributed by atoms with Gasteiger partial charge in [0, 0.05) is 30.0 Å². The highest BCUT2D eigenvalue weighted by atomic mass is 19.4. The Kier molecular flexibility index (Phi) is 11.9. The molecule has 2 atom stereocenters. The van der Waals surface area contributed by atoms with Gasteiger partial charge in [-0.05, 0) is 78.2 Å². The monoisotopic (exact) mass is 877 g/mol. The molecule has 7 aromatic rings. The van der Waals surface area contributed by atoms with Gasteiger partial charge in [0.05, 0.1) is 52.8 Å². The minimum Gasteiger partial charge on any atom is -0.382 e. The third-order valence-corrected chi connectivity index (χ3v) is 9.57. The minimum atomic E-state index is -5.20. The van der Waals surface area contributed by atoms with Crippen molar-refractivity contribution in [1.29, 1.82) is 0 Å². The number of carbonyl (C=O) groups is 1. The van der Waals surface area contributed by atoms with Crippen molar-refractivity contribution >= 4 is 33.9 Å². The van der Waals surface area contributed by atoms with Crippen LogP contribution in [0.2, 0.25) is 0 Å². The van der Waals surface area contributed by atoms with Crippen LogP contribution in [0.15, 0.2) is 96.2 Å². The second kappa shape index (κ2) is 17.3. The van der Waals surface area contributed by atoms with Crippen LogP contribution in [0.25, 0.3) is 10.8 Å². The first-order valence-electron chi connectivity index (χ1n) is 18.2. The summed E-state index contributed by atoms with van der Waals surface area (Å²) in [7, 11) is 1.76. The molecule has 22 heteroatoms. The van der Waals surface area contributed by atoms with Crippen molar-refractivity contribution in [2.24, 2.45) is 7.05 Å². The Morgan fingerprint density at radius 3 is 2.19 bits per heavy atom. The summed E-state index contributed by atoms with van der Waals surface area (Å²) >= 11 is 0. The molecule has 0 unspecified atom stereocenters. The summed E-state index contributed by atoms with van der Waals surface area (Å²) in [5.41, 5.74) is 2.81. The standard InChI is InChI=1S/C22H14F7N5O.C19H14F2N6O/c23-14-3-6-16(7-4-14)34(9-1-2-15-5-8-19(30)33-32-15)20(35)11-18-17(22(27,28)29)10-13(12-31-18)21(24,25)26;1-27-18(22-8-23-27)15-16(9-2-4-10(20)5-3-9)24-13-7-11(21)6-12-14(13)17(15)25-26-19(12)28/h3-8,10,12H,9,11H2,(H2,30,33);2-8,15-16,24H,1H3,(H,26,28)/t;15-,16-/m.1/s1. The van der Waals surface area contributed by atoms with Crippen molar-refractivity contribution in [3.63, 3.8) is 0 Å². The van der Waals surface area contributed by atoms with Crippen LogP contribution in [0.4, 0.5) is 56.7 Å². The molecule has 0 radical (unpaired) electrons. The summed E-state index contributed by atoms with van der Waals surface area (Å²) in [6.45, 7) is -0.363. The van der Waals surface area contributed by atoms with E-state index in [4.69, 9.17) is 5.73 Å². The van der Waals surface area contributed by atoms with Gasteiger partial charge in [-0.1, -0.05) is 18.1 Å². The molecule has 1 aliphatic rings. The number of anilines is 3. The van der Waals surface area contributed by atoms with E-state index in [0.717, 1.165) is 22.6 Å². The Morgan fingerprint density at radius 1 is 0.873 bits per heavy atom. The van der Waals surface area contributed by atoms with Crippen molar-refractivity contribution in [2.75, 3.05) is 22.5 Å². The van der Waals surface area contributed by atoms with Crippen LogP contribution >= 0.6 is 0 Å². The van der Waals surface area contributed by atoms with Crippen LogP contribution in [-0.2, 0) is 30.6 Å². The molecule has 5 heterocycles. The summed E-state index contributed by atoms with van der Waals surface area (Å²) in [6, 6.07) is 15.3. The van der Waals surface area contributed by atoms with Gasteiger partial charge in [-0.3, -0.25) is 19.3 Å². The molecule has 0 fully saturated rings. The number of halogens is 9. The predicted molar refractivity (Wildman–Crippen MR) is 208 cm³/mol. The van der Waals surface area contributed by atoms with Crippen LogP contribution in [0, 0.1) is 29.3 Å². The molecular formula is C41H28F9N11O2. The molecule has 4 aromatic heterocycles. The number of carbonyl (C=O) groups excluding carboxylic acids is 1. The molecule has 322 valence electrons. The van der Waals surface area contributed by atoms with Crippen LogP contribution < -0.4 is 21.5 Å². The van der Waals surface area contributed by atoms with E-state index in [1.54, 1.807) is 23.9 Å². The molecule has 8 rings (SSSR count). The number of aromatic amines is 1. The topological polar surface area (TPSA) is 173 Å². The van der Waals surface area contributed by atoms with Crippen LogP contribution in [-0.4, -0.2) is 52.6 Å². The summed E-state index contributed by atoms with van der Waals surface area (Å²) in [4.78, 5) is 33.7. The van der Waals surface area contributed by atoms with E-state index in [1.165, 1.54) is 54.9 Å². The molecule has 0 saturated carbocycles. The molecule has 63 heavy (non-hydrogen) atoms. The molecule has 0 bridgehead atoms. The molecule has 1 amide bonds. The number of hydrogen-bond acceptors (Lipinski definition) is 10. The van der Waals surface area contributed by atoms with E-state index in [0.29, 0.717) is 22.6 Å². The normalized spacial score (nSPS) is 14.5. The molecule has 1 aliphatic heterocycles. The third kappa shape index (κ3) is 9.56. The van der Waals surface area contributed by atoms with Crippen LogP contribution in [0.3, 0.4) is 0 Å². The molecular weight excluding hydrogens is 850 g/mol. The Morgan fingerprint density at radius 2 is 1.57 bits per heavy atom. The van der Waals surface area contributed by atoms with Gasteiger partial charge in [-0.2, -0.15) is 36.5 Å². The van der Waals surface area contributed by atoms with Crippen LogP contribution in [0.1, 0.15) is 51.6 Å². The number of nitrogen functional groups attached to an aromatic ring is 1. The summed E-state index contributed by atoms with van der Waals surface area (Å²) in [6.07, 6.45) is -9.60. The van der Waals surface area contributed by atoms with Gasteiger partial charge in [0.25, 0.3) is 5.56 Å². The number of aromatic nitrogens is 8. The zero-order valence-electron chi connectivity index (χ0n) is 32.1. The summed E-state index contributed by atoms with van der Waals surface area (Å²) < 4.78 is 122. The number of H-pyrrole nitrogens is 1. The number of nitrogens with zero attached hydrogens (tertiary/aromatic N) is 8. The number of rotatable bonds is 6. The molecule has 0 spiro atoms. The first kappa shape index (κ1) is 43.3. The van der Waals surface area contributed by atoms with Crippen molar-refractivity contribution in [3.8, 4) is 11.8 Å². The number of pyridine rings is 1. The maximum Gasteiger partial charge on any atom is 0.418 e. The van der Waals surface area contributed by atoms with Gasteiger partial charge in [-0.15, -0.1) is 10.2 Å². The van der Waals surface area contributed by atoms with Gasteiger partial charge in [0.1, 0.15) is 41.1 Å². The first-order chi connectivity index (χ1) is 29.9. The van der Waals surface area contributed by atoms with Gasteiger partial charge < -0.3 is 16.0 Å². The molecule has 3 aromatic carbocycles. The largest absolute Gasteiger partial charge is 0.418 e.